The molecule has 1 saturated carbocycles. The molecule has 0 aliphatic heterocycles. The Balaban J connectivity index is 1.28. The predicted molar refractivity (Wildman–Crippen MR) is 186 cm³/mol. The Kier molecular flexibility index (Phi) is 8.71. The third-order valence-electron chi connectivity index (χ3n) is 10.8. The van der Waals surface area contributed by atoms with E-state index in [-0.39, 0.29) is 6.04 Å². The van der Waals surface area contributed by atoms with E-state index in [4.69, 9.17) is 4.99 Å². The van der Waals surface area contributed by atoms with E-state index in [0.29, 0.717) is 29.6 Å². The van der Waals surface area contributed by atoms with Crippen LogP contribution in [0, 0.1) is 29.6 Å². The summed E-state index contributed by atoms with van der Waals surface area (Å²) < 4.78 is 0. The van der Waals surface area contributed by atoms with Crippen molar-refractivity contribution in [2.45, 2.75) is 79.2 Å². The van der Waals surface area contributed by atoms with Crippen LogP contribution >= 0.6 is 0 Å². The molecule has 222 valence electrons. The fourth-order valence-electron chi connectivity index (χ4n) is 8.00. The van der Waals surface area contributed by atoms with Crippen LogP contribution in [0.1, 0.15) is 73.1 Å². The van der Waals surface area contributed by atoms with Gasteiger partial charge in [0.05, 0.1) is 11.8 Å². The maximum atomic E-state index is 5.52. The summed E-state index contributed by atoms with van der Waals surface area (Å²) >= 11 is 0. The Morgan fingerprint density at radius 1 is 0.977 bits per heavy atom. The Labute approximate surface area is 260 Å². The lowest BCUT2D eigenvalue weighted by molar-refractivity contribution is 0.383. The van der Waals surface area contributed by atoms with Gasteiger partial charge in [-0.15, -0.1) is 0 Å². The molecule has 0 aromatic rings. The second-order valence-corrected chi connectivity index (χ2v) is 13.6. The zero-order chi connectivity index (χ0) is 30.1. The molecule has 6 unspecified atom stereocenters. The average molecular weight is 568 g/mol. The van der Waals surface area contributed by atoms with Crippen molar-refractivity contribution in [3.8, 4) is 0 Å². The fraction of sp³-hybridized carbons (Fsp3) is 0.405. The molecule has 1 heteroatoms. The lowest BCUT2D eigenvalue weighted by atomic mass is 9.65. The van der Waals surface area contributed by atoms with Gasteiger partial charge < -0.3 is 0 Å². The van der Waals surface area contributed by atoms with Gasteiger partial charge >= 0.3 is 0 Å². The standard InChI is InChI=1S/C42H49N/c1-7-28(4)32-16-11-20-36(23-32)41(22-29(5)31-14-9-8-10-15-31)43-30(6)33-17-12-18-34(24-33)37-21-13-19-35-25-38(27(2)3)42-39(35)26-40(37)42/h7-9,12-14,17-23,26,30,33,35,38-39,42H,2,10-11,15-16,24-25H2,1,3-6H3/b19-13-,28-7+,29-22+,37-21+,43-41?. The Morgan fingerprint density at radius 2 is 1.79 bits per heavy atom. The molecule has 0 amide bonds. The molecule has 0 N–H and O–H groups in total. The number of aliphatic imine (C=N–C) groups is 1. The summed E-state index contributed by atoms with van der Waals surface area (Å²) in [4.78, 5) is 5.52. The highest BCUT2D eigenvalue weighted by Crippen LogP contribution is 2.59. The molecule has 2 bridgehead atoms. The molecule has 6 rings (SSSR count). The maximum absolute atomic E-state index is 5.52. The summed E-state index contributed by atoms with van der Waals surface area (Å²) in [5, 5.41) is 0. The second kappa shape index (κ2) is 12.7. The minimum Gasteiger partial charge on any atom is -0.281 e. The Bertz CT molecular complexity index is 1540. The molecule has 6 atom stereocenters. The molecule has 0 spiro atoms. The number of fused-ring (bicyclic) bond motifs is 1. The zero-order valence-corrected chi connectivity index (χ0v) is 26.9. The summed E-state index contributed by atoms with van der Waals surface area (Å²) in [6, 6.07) is 0.175. The fourth-order valence-corrected chi connectivity index (χ4v) is 8.00. The van der Waals surface area contributed by atoms with Crippen molar-refractivity contribution in [1.29, 1.82) is 0 Å². The summed E-state index contributed by atoms with van der Waals surface area (Å²) in [5.74, 6) is 2.98. The first-order valence-corrected chi connectivity index (χ1v) is 16.6. The van der Waals surface area contributed by atoms with Crippen molar-refractivity contribution in [3.63, 3.8) is 0 Å². The lowest BCUT2D eigenvalue weighted by Gasteiger charge is -2.39. The first-order chi connectivity index (χ1) is 20.8. The Hall–Kier alpha value is -3.45. The van der Waals surface area contributed by atoms with Crippen LogP contribution in [0.3, 0.4) is 0 Å². The highest BCUT2D eigenvalue weighted by atomic mass is 14.8. The van der Waals surface area contributed by atoms with E-state index >= 15 is 0 Å². The largest absolute Gasteiger partial charge is 0.281 e. The first-order valence-electron chi connectivity index (χ1n) is 16.6. The highest BCUT2D eigenvalue weighted by Gasteiger charge is 2.50. The normalized spacial score (nSPS) is 33.0. The van der Waals surface area contributed by atoms with E-state index in [0.717, 1.165) is 37.8 Å². The van der Waals surface area contributed by atoms with Crippen molar-refractivity contribution >= 4 is 5.71 Å². The third kappa shape index (κ3) is 6.01. The molecule has 0 radical (unpaired) electrons. The number of hydrogen-bond acceptors (Lipinski definition) is 1. The average Bonchev–Trinajstić information content (AvgIpc) is 3.32. The Morgan fingerprint density at radius 3 is 2.56 bits per heavy atom. The maximum Gasteiger partial charge on any atom is 0.0649 e. The summed E-state index contributed by atoms with van der Waals surface area (Å²) in [7, 11) is 0. The third-order valence-corrected chi connectivity index (χ3v) is 10.8. The monoisotopic (exact) mass is 567 g/mol. The molecule has 0 aromatic carbocycles. The SMILES string of the molecule is C=C(C)C1CC2/C=C\C=C(/C3=CC=CC(C(C)N=C(/C=C(\C)C4=CC=CCC4)C4=CCCC(/C(C)=C/C)=C4)C3)C3=CC2C31. The van der Waals surface area contributed by atoms with Gasteiger partial charge in [-0.1, -0.05) is 90.6 Å². The minimum atomic E-state index is 0.175. The van der Waals surface area contributed by atoms with Crippen LogP contribution in [0.25, 0.3) is 0 Å². The van der Waals surface area contributed by atoms with E-state index in [1.54, 1.807) is 5.57 Å². The van der Waals surface area contributed by atoms with Crippen molar-refractivity contribution < 1.29 is 0 Å². The second-order valence-electron chi connectivity index (χ2n) is 13.6. The van der Waals surface area contributed by atoms with Crippen molar-refractivity contribution in [3.05, 3.63) is 142 Å². The molecule has 0 aromatic heterocycles. The minimum absolute atomic E-state index is 0.175. The predicted octanol–water partition coefficient (Wildman–Crippen LogP) is 11.0. The number of allylic oxidation sites excluding steroid dienone is 22. The molecule has 0 saturated heterocycles. The topological polar surface area (TPSA) is 12.4 Å². The van der Waals surface area contributed by atoms with Crippen LogP contribution in [0.2, 0.25) is 0 Å². The molecule has 1 fully saturated rings. The van der Waals surface area contributed by atoms with Crippen molar-refractivity contribution in [1.82, 2.24) is 0 Å². The molecular formula is C42H49N. The van der Waals surface area contributed by atoms with Gasteiger partial charge in [-0.2, -0.15) is 0 Å². The van der Waals surface area contributed by atoms with Crippen LogP contribution in [0.15, 0.2) is 147 Å². The van der Waals surface area contributed by atoms with E-state index in [1.807, 2.05) is 0 Å². The van der Waals surface area contributed by atoms with Gasteiger partial charge in [-0.05, 0) is 148 Å². The van der Waals surface area contributed by atoms with Crippen LogP contribution in [-0.4, -0.2) is 11.8 Å². The number of nitrogens with zero attached hydrogens (tertiary/aromatic N) is 1. The molecular weight excluding hydrogens is 518 g/mol. The first kappa shape index (κ1) is 29.6. The van der Waals surface area contributed by atoms with Gasteiger partial charge in [0.25, 0.3) is 0 Å². The summed E-state index contributed by atoms with van der Waals surface area (Å²) in [5.41, 5.74) is 13.8. The zero-order valence-electron chi connectivity index (χ0n) is 26.9. The van der Waals surface area contributed by atoms with Gasteiger partial charge in [0.15, 0.2) is 0 Å². The van der Waals surface area contributed by atoms with E-state index in [9.17, 15) is 0 Å². The summed E-state index contributed by atoms with van der Waals surface area (Å²) in [6.07, 6.45) is 39.6. The van der Waals surface area contributed by atoms with Gasteiger partial charge in [-0.3, -0.25) is 4.99 Å². The van der Waals surface area contributed by atoms with E-state index in [2.05, 4.69) is 126 Å². The number of hydrogen-bond donors (Lipinski definition) is 0. The van der Waals surface area contributed by atoms with Crippen LogP contribution in [-0.2, 0) is 0 Å². The molecule has 6 aliphatic carbocycles. The lowest BCUT2D eigenvalue weighted by Crippen LogP contribution is -2.30. The van der Waals surface area contributed by atoms with Crippen LogP contribution in [0.4, 0.5) is 0 Å². The van der Waals surface area contributed by atoms with Gasteiger partial charge in [-0.25, -0.2) is 0 Å². The van der Waals surface area contributed by atoms with Crippen LogP contribution in [0.5, 0.6) is 0 Å². The molecule has 0 heterocycles. The van der Waals surface area contributed by atoms with Crippen molar-refractivity contribution in [2.75, 3.05) is 0 Å². The smallest absolute Gasteiger partial charge is 0.0649 e. The van der Waals surface area contributed by atoms with E-state index < -0.39 is 0 Å². The number of rotatable bonds is 8. The van der Waals surface area contributed by atoms with Crippen LogP contribution < -0.4 is 0 Å². The van der Waals surface area contributed by atoms with Crippen molar-refractivity contribution in [2.24, 2.45) is 34.6 Å². The quantitative estimate of drug-likeness (QED) is 0.204. The molecule has 1 nitrogen and oxygen atoms in total. The van der Waals surface area contributed by atoms with Gasteiger partial charge in [0.2, 0.25) is 0 Å². The molecule has 6 aliphatic rings. The van der Waals surface area contributed by atoms with Gasteiger partial charge in [0.1, 0.15) is 0 Å². The van der Waals surface area contributed by atoms with Gasteiger partial charge in [0, 0.05) is 5.92 Å². The molecule has 43 heavy (non-hydrogen) atoms. The summed E-state index contributed by atoms with van der Waals surface area (Å²) in [6.45, 7) is 15.6. The van der Waals surface area contributed by atoms with E-state index in [1.165, 1.54) is 51.0 Å². The highest BCUT2D eigenvalue weighted by molar-refractivity contribution is 6.11.